The topological polar surface area (TPSA) is 20.7 Å². The van der Waals surface area contributed by atoms with E-state index in [-0.39, 0.29) is 0 Å². The van der Waals surface area contributed by atoms with Gasteiger partial charge in [0.2, 0.25) is 0 Å². The number of H-pyrrole nitrogens is 1. The van der Waals surface area contributed by atoms with E-state index < -0.39 is 0 Å². The van der Waals surface area contributed by atoms with E-state index >= 15 is 0 Å². The van der Waals surface area contributed by atoms with Crippen molar-refractivity contribution in [1.29, 1.82) is 0 Å². The van der Waals surface area contributed by atoms with Gasteiger partial charge in [0.15, 0.2) is 0 Å². The molecule has 33 heavy (non-hydrogen) atoms. The molecule has 0 radical (unpaired) electrons. The number of aromatic nitrogens is 2. The Morgan fingerprint density at radius 3 is 2.18 bits per heavy atom. The standard InChI is InChI=1S/C31H22N2/c1-20-11-16-30-27(17-20)25-14-12-22(19-31(25)33(30)23-7-3-2-4-8-23)21-13-15-29-26(18-21)24-9-5-6-10-28(24)32-29/h2-19,32H,1H3. The maximum atomic E-state index is 3.54. The number of nitrogens with zero attached hydrogens (tertiary/aromatic N) is 1. The fourth-order valence-corrected chi connectivity index (χ4v) is 5.20. The highest BCUT2D eigenvalue weighted by atomic mass is 15.0. The monoisotopic (exact) mass is 422 g/mol. The Morgan fingerprint density at radius 2 is 1.27 bits per heavy atom. The first kappa shape index (κ1) is 18.3. The lowest BCUT2D eigenvalue weighted by molar-refractivity contribution is 1.18. The summed E-state index contributed by atoms with van der Waals surface area (Å²) in [5, 5.41) is 5.12. The van der Waals surface area contributed by atoms with Crippen molar-refractivity contribution in [2.24, 2.45) is 0 Å². The van der Waals surface area contributed by atoms with Crippen LogP contribution in [-0.2, 0) is 0 Å². The number of rotatable bonds is 2. The molecular weight excluding hydrogens is 400 g/mol. The Hall–Kier alpha value is -4.30. The third-order valence-corrected chi connectivity index (χ3v) is 6.78. The number of aromatic amines is 1. The Bertz CT molecular complexity index is 1820. The molecule has 1 N–H and O–H groups in total. The Kier molecular flexibility index (Phi) is 3.80. The fourth-order valence-electron chi connectivity index (χ4n) is 5.20. The normalized spacial score (nSPS) is 11.8. The van der Waals surface area contributed by atoms with Gasteiger partial charge in [-0.25, -0.2) is 0 Å². The Labute approximate surface area is 191 Å². The van der Waals surface area contributed by atoms with Gasteiger partial charge in [-0.1, -0.05) is 66.2 Å². The molecule has 0 bridgehead atoms. The van der Waals surface area contributed by atoms with Crippen LogP contribution in [0.25, 0.3) is 60.4 Å². The summed E-state index contributed by atoms with van der Waals surface area (Å²) in [5.74, 6) is 0. The molecule has 2 nitrogen and oxygen atoms in total. The van der Waals surface area contributed by atoms with Gasteiger partial charge in [0, 0.05) is 38.3 Å². The van der Waals surface area contributed by atoms with Gasteiger partial charge in [-0.15, -0.1) is 0 Å². The van der Waals surface area contributed by atoms with Gasteiger partial charge in [-0.3, -0.25) is 0 Å². The van der Waals surface area contributed by atoms with Crippen LogP contribution in [-0.4, -0.2) is 9.55 Å². The number of hydrogen-bond acceptors (Lipinski definition) is 0. The smallest absolute Gasteiger partial charge is 0.0547 e. The summed E-state index contributed by atoms with van der Waals surface area (Å²) >= 11 is 0. The maximum Gasteiger partial charge on any atom is 0.0547 e. The Morgan fingerprint density at radius 1 is 0.515 bits per heavy atom. The summed E-state index contributed by atoms with van der Waals surface area (Å²) in [5.41, 5.74) is 9.76. The molecule has 0 aliphatic rings. The van der Waals surface area contributed by atoms with Gasteiger partial charge in [0.25, 0.3) is 0 Å². The zero-order valence-electron chi connectivity index (χ0n) is 18.3. The van der Waals surface area contributed by atoms with Gasteiger partial charge in [-0.2, -0.15) is 0 Å². The number of hydrogen-bond donors (Lipinski definition) is 1. The van der Waals surface area contributed by atoms with Crippen molar-refractivity contribution >= 4 is 43.6 Å². The van der Waals surface area contributed by atoms with E-state index in [9.17, 15) is 0 Å². The van der Waals surface area contributed by atoms with E-state index in [1.54, 1.807) is 0 Å². The van der Waals surface area contributed by atoms with Gasteiger partial charge < -0.3 is 9.55 Å². The van der Waals surface area contributed by atoms with E-state index in [2.05, 4.69) is 126 Å². The van der Waals surface area contributed by atoms with E-state index in [4.69, 9.17) is 0 Å². The highest BCUT2D eigenvalue weighted by molar-refractivity contribution is 6.11. The molecule has 156 valence electrons. The van der Waals surface area contributed by atoms with Gasteiger partial charge in [-0.05, 0) is 66.6 Å². The van der Waals surface area contributed by atoms with Gasteiger partial charge in [0.05, 0.1) is 11.0 Å². The molecule has 2 heterocycles. The number of para-hydroxylation sites is 2. The molecule has 0 atom stereocenters. The second-order valence-electron chi connectivity index (χ2n) is 8.85. The highest BCUT2D eigenvalue weighted by Crippen LogP contribution is 2.36. The van der Waals surface area contributed by atoms with Crippen molar-refractivity contribution in [3.8, 4) is 16.8 Å². The summed E-state index contributed by atoms with van der Waals surface area (Å²) in [6.45, 7) is 2.16. The average molecular weight is 423 g/mol. The second kappa shape index (κ2) is 6.85. The van der Waals surface area contributed by atoms with Crippen molar-refractivity contribution in [2.45, 2.75) is 6.92 Å². The lowest BCUT2D eigenvalue weighted by atomic mass is 10.0. The zero-order chi connectivity index (χ0) is 21.9. The summed E-state index contributed by atoms with van der Waals surface area (Å²) in [6.07, 6.45) is 0. The molecule has 5 aromatic carbocycles. The molecule has 0 saturated heterocycles. The number of nitrogens with one attached hydrogen (secondary N) is 1. The Balaban J connectivity index is 1.51. The van der Waals surface area contributed by atoms with Gasteiger partial charge in [0.1, 0.15) is 0 Å². The molecule has 2 heteroatoms. The van der Waals surface area contributed by atoms with Gasteiger partial charge >= 0.3 is 0 Å². The first-order valence-corrected chi connectivity index (χ1v) is 11.4. The van der Waals surface area contributed by atoms with Crippen molar-refractivity contribution < 1.29 is 0 Å². The van der Waals surface area contributed by atoms with E-state index in [0.29, 0.717) is 0 Å². The van der Waals surface area contributed by atoms with Crippen LogP contribution < -0.4 is 0 Å². The van der Waals surface area contributed by atoms with Crippen LogP contribution in [0.3, 0.4) is 0 Å². The lowest BCUT2D eigenvalue weighted by Crippen LogP contribution is -1.93. The van der Waals surface area contributed by atoms with E-state index in [1.807, 2.05) is 0 Å². The van der Waals surface area contributed by atoms with Crippen LogP contribution in [0.2, 0.25) is 0 Å². The van der Waals surface area contributed by atoms with Crippen molar-refractivity contribution in [3.63, 3.8) is 0 Å². The maximum absolute atomic E-state index is 3.54. The molecule has 2 aromatic heterocycles. The molecule has 0 aliphatic heterocycles. The average Bonchev–Trinajstić information content (AvgIpc) is 3.39. The zero-order valence-corrected chi connectivity index (χ0v) is 18.3. The summed E-state index contributed by atoms with van der Waals surface area (Å²) in [4.78, 5) is 3.54. The first-order chi connectivity index (χ1) is 16.3. The molecule has 0 spiro atoms. The second-order valence-corrected chi connectivity index (χ2v) is 8.85. The molecule has 7 rings (SSSR count). The predicted octanol–water partition coefficient (Wildman–Crippen LogP) is 8.39. The lowest BCUT2D eigenvalue weighted by Gasteiger charge is -2.09. The summed E-state index contributed by atoms with van der Waals surface area (Å²) in [6, 6.07) is 39.5. The SMILES string of the molecule is Cc1ccc2c(c1)c1ccc(-c3ccc4[nH]c5ccccc5c4c3)cc1n2-c1ccccc1. The van der Waals surface area contributed by atoms with Crippen LogP contribution in [0.4, 0.5) is 0 Å². The minimum Gasteiger partial charge on any atom is -0.355 e. The van der Waals surface area contributed by atoms with Crippen LogP contribution >= 0.6 is 0 Å². The first-order valence-electron chi connectivity index (χ1n) is 11.4. The molecule has 0 unspecified atom stereocenters. The number of aryl methyl sites for hydroxylation is 1. The molecule has 0 fully saturated rings. The molecule has 0 saturated carbocycles. The van der Waals surface area contributed by atoms with Crippen LogP contribution in [0.15, 0.2) is 109 Å². The number of fused-ring (bicyclic) bond motifs is 6. The minimum atomic E-state index is 1.18. The molecular formula is C31H22N2. The predicted molar refractivity (Wildman–Crippen MR) is 140 cm³/mol. The van der Waals surface area contributed by atoms with Crippen molar-refractivity contribution in [1.82, 2.24) is 9.55 Å². The highest BCUT2D eigenvalue weighted by Gasteiger charge is 2.14. The molecule has 7 aromatic rings. The fraction of sp³-hybridized carbons (Fsp3) is 0.0323. The summed E-state index contributed by atoms with van der Waals surface area (Å²) < 4.78 is 2.39. The molecule has 0 aliphatic carbocycles. The van der Waals surface area contributed by atoms with Crippen molar-refractivity contribution in [3.05, 3.63) is 115 Å². The quantitative estimate of drug-likeness (QED) is 0.289. The van der Waals surface area contributed by atoms with Crippen LogP contribution in [0, 0.1) is 6.92 Å². The minimum absolute atomic E-state index is 1.18. The number of benzene rings is 5. The third-order valence-electron chi connectivity index (χ3n) is 6.78. The van der Waals surface area contributed by atoms with E-state index in [0.717, 1.165) is 0 Å². The van der Waals surface area contributed by atoms with E-state index in [1.165, 1.54) is 66.0 Å². The van der Waals surface area contributed by atoms with Crippen LogP contribution in [0.5, 0.6) is 0 Å². The van der Waals surface area contributed by atoms with Crippen molar-refractivity contribution in [2.75, 3.05) is 0 Å². The summed E-state index contributed by atoms with van der Waals surface area (Å²) in [7, 11) is 0. The van der Waals surface area contributed by atoms with Crippen LogP contribution in [0.1, 0.15) is 5.56 Å². The largest absolute Gasteiger partial charge is 0.355 e. The molecule has 0 amide bonds. The third kappa shape index (κ3) is 2.74.